The second kappa shape index (κ2) is 5.75. The third-order valence-electron chi connectivity index (χ3n) is 3.14. The van der Waals surface area contributed by atoms with Crippen molar-refractivity contribution in [3.05, 3.63) is 54.2 Å². The maximum Gasteiger partial charge on any atom is 0.134 e. The highest BCUT2D eigenvalue weighted by atomic mass is 16.5. The van der Waals surface area contributed by atoms with Crippen molar-refractivity contribution >= 4 is 23.2 Å². The predicted octanol–water partition coefficient (Wildman–Crippen LogP) is 3.45. The maximum absolute atomic E-state index is 5.30. The van der Waals surface area contributed by atoms with Crippen molar-refractivity contribution in [2.75, 3.05) is 13.7 Å². The van der Waals surface area contributed by atoms with Crippen LogP contribution in [0.15, 0.2) is 47.1 Å². The van der Waals surface area contributed by atoms with Gasteiger partial charge in [-0.25, -0.2) is 4.98 Å². The lowest BCUT2D eigenvalue weighted by atomic mass is 10.3. The van der Waals surface area contributed by atoms with Gasteiger partial charge < -0.3 is 13.7 Å². The van der Waals surface area contributed by atoms with Gasteiger partial charge in [0, 0.05) is 13.7 Å². The lowest BCUT2D eigenvalue weighted by Gasteiger charge is -2.05. The minimum absolute atomic E-state index is 0.655. The normalized spacial score (nSPS) is 11.7. The van der Waals surface area contributed by atoms with Crippen LogP contribution in [0.1, 0.15) is 11.6 Å². The van der Waals surface area contributed by atoms with E-state index >= 15 is 0 Å². The number of benzene rings is 1. The zero-order chi connectivity index (χ0) is 13.8. The molecule has 102 valence electrons. The van der Waals surface area contributed by atoms with Crippen molar-refractivity contribution in [3.63, 3.8) is 0 Å². The molecule has 3 rings (SSSR count). The van der Waals surface area contributed by atoms with Crippen molar-refractivity contribution in [3.8, 4) is 0 Å². The largest absolute Gasteiger partial charge is 0.465 e. The summed E-state index contributed by atoms with van der Waals surface area (Å²) >= 11 is 0. The summed E-state index contributed by atoms with van der Waals surface area (Å²) in [5, 5.41) is 0. The Morgan fingerprint density at radius 2 is 2.10 bits per heavy atom. The van der Waals surface area contributed by atoms with Gasteiger partial charge in [0.15, 0.2) is 0 Å². The molecule has 4 nitrogen and oxygen atoms in total. The molecule has 0 spiro atoms. The minimum Gasteiger partial charge on any atom is -0.465 e. The summed E-state index contributed by atoms with van der Waals surface area (Å²) in [6.07, 6.45) is 5.55. The lowest BCUT2D eigenvalue weighted by Crippen LogP contribution is -2.05. The first-order valence-corrected chi connectivity index (χ1v) is 6.54. The van der Waals surface area contributed by atoms with E-state index in [1.54, 1.807) is 13.4 Å². The molecule has 0 amide bonds. The second-order valence-electron chi connectivity index (χ2n) is 4.45. The molecule has 0 radical (unpaired) electrons. The fraction of sp³-hybridized carbons (Fsp3) is 0.188. The summed E-state index contributed by atoms with van der Waals surface area (Å²) < 4.78 is 12.6. The van der Waals surface area contributed by atoms with Crippen LogP contribution in [0.5, 0.6) is 0 Å². The van der Waals surface area contributed by atoms with Gasteiger partial charge in [0.25, 0.3) is 0 Å². The Balaban J connectivity index is 2.00. The monoisotopic (exact) mass is 268 g/mol. The minimum atomic E-state index is 0.655. The van der Waals surface area contributed by atoms with Gasteiger partial charge in [-0.15, -0.1) is 0 Å². The van der Waals surface area contributed by atoms with Crippen LogP contribution in [0, 0.1) is 0 Å². The lowest BCUT2D eigenvalue weighted by molar-refractivity contribution is 0.188. The Bertz CT molecular complexity index is 711. The predicted molar refractivity (Wildman–Crippen MR) is 79.2 cm³/mol. The topological polar surface area (TPSA) is 40.2 Å². The zero-order valence-corrected chi connectivity index (χ0v) is 11.3. The fourth-order valence-electron chi connectivity index (χ4n) is 2.18. The molecule has 1 aromatic carbocycles. The molecule has 0 saturated carbocycles. The maximum atomic E-state index is 5.30. The number of imidazole rings is 1. The number of aromatic nitrogens is 2. The molecule has 0 atom stereocenters. The van der Waals surface area contributed by atoms with Crippen molar-refractivity contribution in [1.82, 2.24) is 9.55 Å². The summed E-state index contributed by atoms with van der Waals surface area (Å²) in [7, 11) is 1.71. The molecule has 0 fully saturated rings. The summed E-state index contributed by atoms with van der Waals surface area (Å²) in [6.45, 7) is 1.43. The molecular weight excluding hydrogens is 252 g/mol. The van der Waals surface area contributed by atoms with Gasteiger partial charge in [-0.3, -0.25) is 0 Å². The third-order valence-corrected chi connectivity index (χ3v) is 3.14. The highest BCUT2D eigenvalue weighted by Gasteiger charge is 2.07. The third kappa shape index (κ3) is 2.51. The van der Waals surface area contributed by atoms with Gasteiger partial charge in [0.05, 0.1) is 23.9 Å². The molecule has 2 aromatic heterocycles. The second-order valence-corrected chi connectivity index (χ2v) is 4.45. The molecule has 3 aromatic rings. The van der Waals surface area contributed by atoms with Crippen LogP contribution >= 0.6 is 0 Å². The average Bonchev–Trinajstić information content (AvgIpc) is 3.10. The molecular formula is C16H16N2O2. The highest BCUT2D eigenvalue weighted by Crippen LogP contribution is 2.18. The average molecular weight is 268 g/mol. The van der Waals surface area contributed by atoms with E-state index in [4.69, 9.17) is 9.15 Å². The van der Waals surface area contributed by atoms with Crippen LogP contribution in [0.25, 0.3) is 23.2 Å². The number of furan rings is 1. The molecule has 4 heteroatoms. The van der Waals surface area contributed by atoms with Gasteiger partial charge in [-0.05, 0) is 36.4 Å². The van der Waals surface area contributed by atoms with Crippen LogP contribution in [0.2, 0.25) is 0 Å². The molecule has 0 unspecified atom stereocenters. The fourth-order valence-corrected chi connectivity index (χ4v) is 2.18. The van der Waals surface area contributed by atoms with E-state index in [0.717, 1.165) is 29.2 Å². The summed E-state index contributed by atoms with van der Waals surface area (Å²) in [6, 6.07) is 11.9. The highest BCUT2D eigenvalue weighted by molar-refractivity contribution is 5.79. The number of hydrogen-bond donors (Lipinski definition) is 0. The smallest absolute Gasteiger partial charge is 0.134 e. The van der Waals surface area contributed by atoms with Crippen LogP contribution in [-0.4, -0.2) is 23.3 Å². The number of hydrogen-bond acceptors (Lipinski definition) is 3. The molecule has 0 aliphatic rings. The van der Waals surface area contributed by atoms with E-state index in [0.29, 0.717) is 6.61 Å². The molecule has 0 bridgehead atoms. The number of ether oxygens (including phenoxy) is 1. The molecule has 0 aliphatic carbocycles. The number of para-hydroxylation sites is 2. The summed E-state index contributed by atoms with van der Waals surface area (Å²) in [5.74, 6) is 1.72. The van der Waals surface area contributed by atoms with E-state index in [1.807, 2.05) is 42.5 Å². The quantitative estimate of drug-likeness (QED) is 0.711. The SMILES string of the molecule is COCCn1c(/C=C/c2ccco2)nc2ccccc21. The Kier molecular flexibility index (Phi) is 3.65. The first-order chi connectivity index (χ1) is 9.88. The molecule has 2 heterocycles. The molecule has 0 N–H and O–H groups in total. The Morgan fingerprint density at radius 3 is 2.90 bits per heavy atom. The van der Waals surface area contributed by atoms with Gasteiger partial charge in [-0.1, -0.05) is 12.1 Å². The molecule has 0 aliphatic heterocycles. The van der Waals surface area contributed by atoms with E-state index in [1.165, 1.54) is 0 Å². The number of methoxy groups -OCH3 is 1. The van der Waals surface area contributed by atoms with E-state index in [2.05, 4.69) is 15.6 Å². The van der Waals surface area contributed by atoms with E-state index in [9.17, 15) is 0 Å². The van der Waals surface area contributed by atoms with Crippen LogP contribution in [0.3, 0.4) is 0 Å². The van der Waals surface area contributed by atoms with Crippen molar-refractivity contribution in [2.45, 2.75) is 6.54 Å². The van der Waals surface area contributed by atoms with Gasteiger partial charge in [0.2, 0.25) is 0 Å². The van der Waals surface area contributed by atoms with Crippen LogP contribution in [0.4, 0.5) is 0 Å². The molecule has 0 saturated heterocycles. The van der Waals surface area contributed by atoms with Crippen molar-refractivity contribution in [2.24, 2.45) is 0 Å². The number of fused-ring (bicyclic) bond motifs is 1. The van der Waals surface area contributed by atoms with Gasteiger partial charge >= 0.3 is 0 Å². The van der Waals surface area contributed by atoms with E-state index < -0.39 is 0 Å². The number of nitrogens with zero attached hydrogens (tertiary/aromatic N) is 2. The standard InChI is InChI=1S/C16H16N2O2/c1-19-12-10-18-15-7-3-2-6-14(15)17-16(18)9-8-13-5-4-11-20-13/h2-9,11H,10,12H2,1H3/b9-8+. The van der Waals surface area contributed by atoms with Gasteiger partial charge in [-0.2, -0.15) is 0 Å². The number of rotatable bonds is 5. The summed E-state index contributed by atoms with van der Waals surface area (Å²) in [4.78, 5) is 4.64. The Morgan fingerprint density at radius 1 is 1.20 bits per heavy atom. The van der Waals surface area contributed by atoms with Crippen molar-refractivity contribution < 1.29 is 9.15 Å². The zero-order valence-electron chi connectivity index (χ0n) is 11.3. The summed E-state index contributed by atoms with van der Waals surface area (Å²) in [5.41, 5.74) is 2.10. The first kappa shape index (κ1) is 12.7. The van der Waals surface area contributed by atoms with Gasteiger partial charge in [0.1, 0.15) is 11.6 Å². The van der Waals surface area contributed by atoms with E-state index in [-0.39, 0.29) is 0 Å². The van der Waals surface area contributed by atoms with Crippen molar-refractivity contribution in [1.29, 1.82) is 0 Å². The van der Waals surface area contributed by atoms with Crippen LogP contribution < -0.4 is 0 Å². The molecule has 20 heavy (non-hydrogen) atoms. The first-order valence-electron chi connectivity index (χ1n) is 6.54. The Labute approximate surface area is 117 Å². The Hall–Kier alpha value is -2.33. The van der Waals surface area contributed by atoms with Crippen LogP contribution in [-0.2, 0) is 11.3 Å².